The SMILES string of the molecule is COC(=O)C1CCC[N-]C1.COC(=O)C1CCC[N-]C1.O.[Cl][Cr]([Cl])[Cl]. The third-order valence-electron chi connectivity index (χ3n) is 3.51. The Morgan fingerprint density at radius 2 is 1.20 bits per heavy atom. The summed E-state index contributed by atoms with van der Waals surface area (Å²) in [6.07, 6.45) is 3.94. The van der Waals surface area contributed by atoms with E-state index in [0.29, 0.717) is 13.1 Å². The molecule has 25 heavy (non-hydrogen) atoms. The van der Waals surface area contributed by atoms with E-state index in [2.05, 4.69) is 20.1 Å². The second-order valence-electron chi connectivity index (χ2n) is 5.16. The van der Waals surface area contributed by atoms with E-state index >= 15 is 0 Å². The summed E-state index contributed by atoms with van der Waals surface area (Å²) in [4.78, 5) is 21.8. The molecule has 0 amide bonds. The van der Waals surface area contributed by atoms with Gasteiger partial charge in [-0.1, -0.05) is 12.8 Å². The molecule has 0 spiro atoms. The molecule has 0 bridgehead atoms. The average molecular weight is 461 g/mol. The van der Waals surface area contributed by atoms with Crippen LogP contribution in [0.2, 0.25) is 0 Å². The summed E-state index contributed by atoms with van der Waals surface area (Å²) < 4.78 is 9.18. The van der Waals surface area contributed by atoms with Gasteiger partial charge in [0.2, 0.25) is 0 Å². The molecule has 2 heterocycles. The van der Waals surface area contributed by atoms with Crippen LogP contribution in [0.15, 0.2) is 0 Å². The van der Waals surface area contributed by atoms with E-state index in [9.17, 15) is 9.59 Å². The van der Waals surface area contributed by atoms with Crippen LogP contribution in [0.5, 0.6) is 0 Å². The van der Waals surface area contributed by atoms with Crippen LogP contribution in [0.4, 0.5) is 0 Å². The molecular formula is C14H26Cl3CrN2O5-2. The van der Waals surface area contributed by atoms with E-state index in [4.69, 9.17) is 30.1 Å². The normalized spacial score (nSPS) is 22.2. The van der Waals surface area contributed by atoms with Gasteiger partial charge in [0.05, 0.1) is 14.2 Å². The van der Waals surface area contributed by atoms with Crippen LogP contribution in [-0.4, -0.2) is 57.8 Å². The molecule has 0 aromatic heterocycles. The van der Waals surface area contributed by atoms with Gasteiger partial charge < -0.3 is 25.6 Å². The molecule has 0 aromatic carbocycles. The first-order chi connectivity index (χ1) is 11.4. The first-order valence-corrected chi connectivity index (χ1v) is 12.8. The van der Waals surface area contributed by atoms with Crippen LogP contribution in [0.3, 0.4) is 0 Å². The van der Waals surface area contributed by atoms with Gasteiger partial charge in [0.1, 0.15) is 0 Å². The number of hydrogen-bond acceptors (Lipinski definition) is 4. The summed E-state index contributed by atoms with van der Waals surface area (Å²) in [6, 6.07) is 0. The second kappa shape index (κ2) is 17.6. The van der Waals surface area contributed by atoms with Gasteiger partial charge in [-0.2, -0.15) is 0 Å². The number of esters is 2. The molecule has 0 aromatic rings. The Balaban J connectivity index is 0. The van der Waals surface area contributed by atoms with Crippen molar-refractivity contribution in [2.45, 2.75) is 25.7 Å². The summed E-state index contributed by atoms with van der Waals surface area (Å²) in [7, 11) is 17.6. The molecule has 7 nitrogen and oxygen atoms in total. The summed E-state index contributed by atoms with van der Waals surface area (Å²) in [6.45, 7) is 3.14. The first-order valence-electron chi connectivity index (χ1n) is 7.57. The predicted octanol–water partition coefficient (Wildman–Crippen LogP) is 3.13. The van der Waals surface area contributed by atoms with E-state index in [-0.39, 0.29) is 29.3 Å². The Hall–Kier alpha value is 0.222. The molecule has 11 heteroatoms. The number of carbonyl (C=O) groups excluding carboxylic acids is 2. The zero-order valence-corrected chi connectivity index (χ0v) is 17.9. The summed E-state index contributed by atoms with van der Waals surface area (Å²) in [5.74, 6) is -0.135. The van der Waals surface area contributed by atoms with Crippen molar-refractivity contribution in [3.8, 4) is 0 Å². The number of piperidine rings is 2. The Morgan fingerprint density at radius 1 is 0.880 bits per heavy atom. The number of methoxy groups -OCH3 is 2. The molecule has 0 radical (unpaired) electrons. The van der Waals surface area contributed by atoms with Crippen LogP contribution in [0, 0.1) is 11.8 Å². The van der Waals surface area contributed by atoms with E-state index in [0.717, 1.165) is 38.8 Å². The van der Waals surface area contributed by atoms with Gasteiger partial charge in [-0.15, -0.1) is 26.2 Å². The van der Waals surface area contributed by atoms with Gasteiger partial charge >= 0.3 is 53.5 Å². The van der Waals surface area contributed by atoms with Crippen molar-refractivity contribution < 1.29 is 35.9 Å². The third-order valence-corrected chi connectivity index (χ3v) is 3.51. The van der Waals surface area contributed by atoms with Crippen molar-refractivity contribution in [3.63, 3.8) is 0 Å². The van der Waals surface area contributed by atoms with Crippen molar-refractivity contribution in [2.24, 2.45) is 11.8 Å². The fourth-order valence-electron chi connectivity index (χ4n) is 2.29. The molecule has 2 unspecified atom stereocenters. The van der Waals surface area contributed by atoms with Gasteiger partial charge in [0, 0.05) is 11.8 Å². The van der Waals surface area contributed by atoms with Crippen LogP contribution >= 0.6 is 30.1 Å². The molecule has 0 saturated carbocycles. The predicted molar refractivity (Wildman–Crippen MR) is 96.8 cm³/mol. The zero-order valence-electron chi connectivity index (χ0n) is 14.4. The minimum atomic E-state index is -1.62. The Labute approximate surface area is 166 Å². The van der Waals surface area contributed by atoms with Crippen LogP contribution in [0.1, 0.15) is 25.7 Å². The number of hydrogen-bond donors (Lipinski definition) is 0. The standard InChI is InChI=1S/2C7H12NO2.3ClH.Cr.H2O/c2*1-10-7(9)6-3-2-4-8-5-6;;;;;/h2*6H,2-5H2,1H3;3*1H;;1H2/q2*-1;;;;+3;/p-3. The fraction of sp³-hybridized carbons (Fsp3) is 0.857. The van der Waals surface area contributed by atoms with Crippen LogP contribution in [-0.2, 0) is 30.4 Å². The number of ether oxygens (including phenoxy) is 2. The number of nitrogens with zero attached hydrogens (tertiary/aromatic N) is 2. The first kappa shape index (κ1) is 27.4. The number of halogens is 3. The maximum absolute atomic E-state index is 10.9. The van der Waals surface area contributed by atoms with Crippen molar-refractivity contribution >= 4 is 42.1 Å². The molecule has 2 saturated heterocycles. The molecule has 2 rings (SSSR count). The average Bonchev–Trinajstić information content (AvgIpc) is 2.62. The molecule has 151 valence electrons. The summed E-state index contributed by atoms with van der Waals surface area (Å²) in [5, 5.41) is 8.25. The molecule has 2 aliphatic rings. The second-order valence-corrected chi connectivity index (χ2v) is 11.5. The number of carbonyl (C=O) groups is 2. The Morgan fingerprint density at radius 3 is 1.40 bits per heavy atom. The van der Waals surface area contributed by atoms with E-state index in [1.54, 1.807) is 0 Å². The van der Waals surface area contributed by atoms with Crippen molar-refractivity contribution in [2.75, 3.05) is 40.4 Å². The topological polar surface area (TPSA) is 112 Å². The molecular weight excluding hydrogens is 435 g/mol. The Bertz CT molecular complexity index is 323. The van der Waals surface area contributed by atoms with Gasteiger partial charge in [-0.3, -0.25) is 9.59 Å². The maximum atomic E-state index is 10.9. The van der Waals surface area contributed by atoms with Gasteiger partial charge in [0.25, 0.3) is 0 Å². The molecule has 2 atom stereocenters. The van der Waals surface area contributed by atoms with Crippen molar-refractivity contribution in [1.29, 1.82) is 0 Å². The zero-order chi connectivity index (χ0) is 18.4. The van der Waals surface area contributed by atoms with E-state index in [1.807, 2.05) is 0 Å². The molecule has 0 aliphatic carbocycles. The van der Waals surface area contributed by atoms with E-state index in [1.165, 1.54) is 14.2 Å². The van der Waals surface area contributed by atoms with E-state index < -0.39 is 11.4 Å². The van der Waals surface area contributed by atoms with Gasteiger partial charge in [-0.05, 0) is 12.8 Å². The number of rotatable bonds is 2. The monoisotopic (exact) mass is 459 g/mol. The summed E-state index contributed by atoms with van der Waals surface area (Å²) in [5.41, 5.74) is 0. The van der Waals surface area contributed by atoms with Crippen molar-refractivity contribution in [1.82, 2.24) is 0 Å². The minimum absolute atomic E-state index is 0. The van der Waals surface area contributed by atoms with Crippen molar-refractivity contribution in [3.05, 3.63) is 10.6 Å². The molecule has 2 N–H and O–H groups in total. The molecule has 2 aliphatic heterocycles. The quantitative estimate of drug-likeness (QED) is 0.589. The molecule has 2 fully saturated rings. The summed E-state index contributed by atoms with van der Waals surface area (Å²) >= 11 is -1.62. The fourth-order valence-corrected chi connectivity index (χ4v) is 2.29. The van der Waals surface area contributed by atoms with Gasteiger partial charge in [-0.25, -0.2) is 0 Å². The van der Waals surface area contributed by atoms with Crippen LogP contribution < -0.4 is 0 Å². The Kier molecular flexibility index (Phi) is 19.3. The van der Waals surface area contributed by atoms with Gasteiger partial charge in [0.15, 0.2) is 0 Å². The third kappa shape index (κ3) is 15.0. The van der Waals surface area contributed by atoms with Crippen LogP contribution in [0.25, 0.3) is 10.6 Å².